The third-order valence-electron chi connectivity index (χ3n) is 2.94. The van der Waals surface area contributed by atoms with Crippen molar-refractivity contribution in [2.24, 2.45) is 0 Å². The van der Waals surface area contributed by atoms with Crippen LogP contribution >= 0.6 is 0 Å². The second kappa shape index (κ2) is 7.04. The second-order valence-electron chi connectivity index (χ2n) is 4.61. The minimum Gasteiger partial charge on any atom is -0.497 e. The Labute approximate surface area is 130 Å². The maximum absolute atomic E-state index is 12.1. The van der Waals surface area contributed by atoms with Crippen LogP contribution in [0.2, 0.25) is 0 Å². The third-order valence-corrected chi connectivity index (χ3v) is 2.94. The molecule has 122 valence electrons. The number of nitrogens with one attached hydrogen (secondary N) is 1. The number of carbonyl (C=O) groups is 1. The van der Waals surface area contributed by atoms with E-state index < -0.39 is 12.3 Å². The number of benzene rings is 2. The van der Waals surface area contributed by atoms with Gasteiger partial charge in [-0.3, -0.25) is 4.79 Å². The fraction of sp³-hybridized carbons (Fsp3) is 0.188. The lowest BCUT2D eigenvalue weighted by molar-refractivity contribution is -0.274. The van der Waals surface area contributed by atoms with Gasteiger partial charge in [0.1, 0.15) is 11.5 Å². The third kappa shape index (κ3) is 5.21. The summed E-state index contributed by atoms with van der Waals surface area (Å²) in [5.41, 5.74) is 1.08. The standard InChI is InChI=1S/C16H14F3NO3/c1-22-14-4-2-3-11(9-14)10-20-15(21)12-5-7-13(8-6-12)23-16(17,18)19/h2-9H,10H2,1H3,(H,20,21). The first-order valence-corrected chi connectivity index (χ1v) is 6.64. The Morgan fingerprint density at radius 3 is 2.39 bits per heavy atom. The summed E-state index contributed by atoms with van der Waals surface area (Å²) in [5, 5.41) is 2.68. The molecule has 0 fully saturated rings. The maximum Gasteiger partial charge on any atom is 0.573 e. The van der Waals surface area contributed by atoms with Crippen molar-refractivity contribution >= 4 is 5.91 Å². The highest BCUT2D eigenvalue weighted by molar-refractivity contribution is 5.94. The van der Waals surface area contributed by atoms with Crippen molar-refractivity contribution in [3.8, 4) is 11.5 Å². The van der Waals surface area contributed by atoms with Gasteiger partial charge in [0.25, 0.3) is 5.91 Å². The summed E-state index contributed by atoms with van der Waals surface area (Å²) in [5.74, 6) is -0.0985. The number of amides is 1. The van der Waals surface area contributed by atoms with E-state index in [-0.39, 0.29) is 17.9 Å². The van der Waals surface area contributed by atoms with E-state index in [0.717, 1.165) is 17.7 Å². The SMILES string of the molecule is COc1cccc(CNC(=O)c2ccc(OC(F)(F)F)cc2)c1. The highest BCUT2D eigenvalue weighted by atomic mass is 19.4. The molecular weight excluding hydrogens is 311 g/mol. The Kier molecular flexibility index (Phi) is 5.10. The molecule has 0 aliphatic rings. The molecule has 2 rings (SSSR count). The average molecular weight is 325 g/mol. The fourth-order valence-electron chi connectivity index (χ4n) is 1.87. The molecule has 7 heteroatoms. The molecule has 0 aliphatic heterocycles. The summed E-state index contributed by atoms with van der Waals surface area (Å²) < 4.78 is 45.0. The summed E-state index contributed by atoms with van der Waals surface area (Å²) in [6.45, 7) is 0.275. The van der Waals surface area contributed by atoms with E-state index in [9.17, 15) is 18.0 Å². The Hall–Kier alpha value is -2.70. The molecule has 1 N–H and O–H groups in total. The average Bonchev–Trinajstić information content (AvgIpc) is 2.52. The molecule has 0 heterocycles. The van der Waals surface area contributed by atoms with Crippen LogP contribution in [0.15, 0.2) is 48.5 Å². The predicted molar refractivity (Wildman–Crippen MR) is 77.3 cm³/mol. The number of hydrogen-bond donors (Lipinski definition) is 1. The molecule has 0 bridgehead atoms. The van der Waals surface area contributed by atoms with Crippen molar-refractivity contribution < 1.29 is 27.4 Å². The van der Waals surface area contributed by atoms with Gasteiger partial charge >= 0.3 is 6.36 Å². The Morgan fingerprint density at radius 2 is 1.78 bits per heavy atom. The maximum atomic E-state index is 12.1. The molecule has 1 amide bonds. The molecule has 0 aromatic heterocycles. The molecule has 23 heavy (non-hydrogen) atoms. The molecule has 4 nitrogen and oxygen atoms in total. The Balaban J connectivity index is 1.95. The number of alkyl halides is 3. The first-order chi connectivity index (χ1) is 10.9. The predicted octanol–water partition coefficient (Wildman–Crippen LogP) is 3.52. The van der Waals surface area contributed by atoms with E-state index in [0.29, 0.717) is 5.75 Å². The summed E-state index contributed by atoms with van der Waals surface area (Å²) >= 11 is 0. The van der Waals surface area contributed by atoms with Gasteiger partial charge in [0.15, 0.2) is 0 Å². The van der Waals surface area contributed by atoms with Gasteiger partial charge in [-0.25, -0.2) is 0 Å². The highest BCUT2D eigenvalue weighted by Gasteiger charge is 2.31. The van der Waals surface area contributed by atoms with E-state index in [2.05, 4.69) is 10.1 Å². The molecule has 0 saturated carbocycles. The molecule has 0 unspecified atom stereocenters. The minimum absolute atomic E-state index is 0.238. The number of hydrogen-bond acceptors (Lipinski definition) is 3. The topological polar surface area (TPSA) is 47.6 Å². The molecule has 0 aliphatic carbocycles. The van der Waals surface area contributed by atoms with Crippen LogP contribution in [0.3, 0.4) is 0 Å². The molecule has 2 aromatic carbocycles. The number of methoxy groups -OCH3 is 1. The van der Waals surface area contributed by atoms with Gasteiger partial charge in [-0.1, -0.05) is 12.1 Å². The van der Waals surface area contributed by atoms with Gasteiger partial charge in [-0.05, 0) is 42.0 Å². The number of halogens is 3. The van der Waals surface area contributed by atoms with Crippen molar-refractivity contribution in [1.82, 2.24) is 5.32 Å². The van der Waals surface area contributed by atoms with Crippen LogP contribution < -0.4 is 14.8 Å². The first kappa shape index (κ1) is 16.7. The fourth-order valence-corrected chi connectivity index (χ4v) is 1.87. The second-order valence-corrected chi connectivity index (χ2v) is 4.61. The van der Waals surface area contributed by atoms with E-state index in [4.69, 9.17) is 4.74 Å². The van der Waals surface area contributed by atoms with Crippen LogP contribution in [0.1, 0.15) is 15.9 Å². The van der Waals surface area contributed by atoms with Crippen LogP contribution in [-0.2, 0) is 6.54 Å². The zero-order valence-electron chi connectivity index (χ0n) is 12.2. The molecule has 0 atom stereocenters. The van der Waals surface area contributed by atoms with Crippen LogP contribution in [-0.4, -0.2) is 19.4 Å². The zero-order chi connectivity index (χ0) is 16.9. The lowest BCUT2D eigenvalue weighted by atomic mass is 10.2. The van der Waals surface area contributed by atoms with Crippen molar-refractivity contribution in [2.45, 2.75) is 12.9 Å². The van der Waals surface area contributed by atoms with Gasteiger partial charge in [-0.2, -0.15) is 0 Å². The number of carbonyl (C=O) groups excluding carboxylic acids is 1. The van der Waals surface area contributed by atoms with Gasteiger partial charge in [0.2, 0.25) is 0 Å². The minimum atomic E-state index is -4.75. The van der Waals surface area contributed by atoms with E-state index >= 15 is 0 Å². The molecule has 0 radical (unpaired) electrons. The number of rotatable bonds is 5. The molecule has 0 spiro atoms. The van der Waals surface area contributed by atoms with Crippen LogP contribution in [0, 0.1) is 0 Å². The molecular formula is C16H14F3NO3. The van der Waals surface area contributed by atoms with Crippen molar-refractivity contribution in [3.05, 3.63) is 59.7 Å². The largest absolute Gasteiger partial charge is 0.573 e. The summed E-state index contributed by atoms with van der Waals surface area (Å²) in [7, 11) is 1.54. The molecule has 0 saturated heterocycles. The lowest BCUT2D eigenvalue weighted by Gasteiger charge is -2.10. The van der Waals surface area contributed by atoms with Crippen molar-refractivity contribution in [1.29, 1.82) is 0 Å². The normalized spacial score (nSPS) is 11.0. The smallest absolute Gasteiger partial charge is 0.497 e. The summed E-state index contributed by atoms with van der Waals surface area (Å²) in [6.07, 6.45) is -4.75. The molecule has 2 aromatic rings. The van der Waals surface area contributed by atoms with Gasteiger partial charge < -0.3 is 14.8 Å². The summed E-state index contributed by atoms with van der Waals surface area (Å²) in [6, 6.07) is 11.9. The zero-order valence-corrected chi connectivity index (χ0v) is 12.2. The van der Waals surface area contributed by atoms with E-state index in [1.165, 1.54) is 12.1 Å². The Bertz CT molecular complexity index is 669. The number of ether oxygens (including phenoxy) is 2. The van der Waals surface area contributed by atoms with E-state index in [1.807, 2.05) is 6.07 Å². The Morgan fingerprint density at radius 1 is 1.09 bits per heavy atom. The van der Waals surface area contributed by atoms with Crippen LogP contribution in [0.5, 0.6) is 11.5 Å². The monoisotopic (exact) mass is 325 g/mol. The first-order valence-electron chi connectivity index (χ1n) is 6.64. The van der Waals surface area contributed by atoms with Crippen LogP contribution in [0.4, 0.5) is 13.2 Å². The van der Waals surface area contributed by atoms with Gasteiger partial charge in [-0.15, -0.1) is 13.2 Å². The van der Waals surface area contributed by atoms with E-state index in [1.54, 1.807) is 25.3 Å². The quantitative estimate of drug-likeness (QED) is 0.915. The highest BCUT2D eigenvalue weighted by Crippen LogP contribution is 2.22. The van der Waals surface area contributed by atoms with Crippen molar-refractivity contribution in [3.63, 3.8) is 0 Å². The van der Waals surface area contributed by atoms with Crippen LogP contribution in [0.25, 0.3) is 0 Å². The van der Waals surface area contributed by atoms with Gasteiger partial charge in [0, 0.05) is 12.1 Å². The summed E-state index contributed by atoms with van der Waals surface area (Å²) in [4.78, 5) is 12.0. The van der Waals surface area contributed by atoms with Crippen molar-refractivity contribution in [2.75, 3.05) is 7.11 Å². The lowest BCUT2D eigenvalue weighted by Crippen LogP contribution is -2.23. The van der Waals surface area contributed by atoms with Gasteiger partial charge in [0.05, 0.1) is 7.11 Å².